The van der Waals surface area contributed by atoms with Crippen LogP contribution in [0.15, 0.2) is 0 Å². The Balaban J connectivity index is 2.16. The number of methoxy groups -OCH3 is 1. The number of hydrogen-bond acceptors (Lipinski definition) is 15. The van der Waals surface area contributed by atoms with E-state index in [0.717, 1.165) is 6.42 Å². The van der Waals surface area contributed by atoms with E-state index in [0.29, 0.717) is 19.5 Å². The van der Waals surface area contributed by atoms with E-state index < -0.39 is 95.5 Å². The van der Waals surface area contributed by atoms with E-state index in [-0.39, 0.29) is 43.9 Å². The molecule has 0 aromatic carbocycles. The van der Waals surface area contributed by atoms with E-state index in [1.54, 1.807) is 34.6 Å². The van der Waals surface area contributed by atoms with Gasteiger partial charge in [0.05, 0.1) is 35.9 Å². The van der Waals surface area contributed by atoms with E-state index in [4.69, 9.17) is 28.4 Å². The highest BCUT2D eigenvalue weighted by Crippen LogP contribution is 2.43. The molecule has 0 bridgehead atoms. The maximum absolute atomic E-state index is 14.3. The molecule has 3 aliphatic rings. The van der Waals surface area contributed by atoms with Crippen molar-refractivity contribution in [3.8, 4) is 0 Å². The first kappa shape index (κ1) is 49.3. The number of carbonyl (C=O) groups excluding carboxylic acids is 1. The highest BCUT2D eigenvalue weighted by atomic mass is 16.7. The SMILES string of the molecule is CCCNC[C@]1(O)[C@H](C)O[C@H](O[C@H]2[C@H](C)[C@@H](O[C@@H]3O[C@H](C)C[C@H](N(C)C)[C@@H]3O)[C@@](C)(O)C[C@@H](C)CN[C@@H](C)[C@@H](O)[C@@](C)(O)[C@@H](CC)OC(=O)[C@H]2C)C[C@@]1(C)OC. The summed E-state index contributed by atoms with van der Waals surface area (Å²) in [5, 5.41) is 65.8. The van der Waals surface area contributed by atoms with E-state index in [1.807, 2.05) is 53.6 Å². The van der Waals surface area contributed by atoms with Gasteiger partial charge >= 0.3 is 5.97 Å². The minimum Gasteiger partial charge on any atom is -0.459 e. The van der Waals surface area contributed by atoms with Crippen LogP contribution >= 0.6 is 0 Å². The molecule has 0 aromatic heterocycles. The Bertz CT molecular complexity index is 1230. The van der Waals surface area contributed by atoms with Gasteiger partial charge in [-0.2, -0.15) is 0 Å². The molecule has 330 valence electrons. The zero-order valence-electron chi connectivity index (χ0n) is 36.8. The second-order valence-corrected chi connectivity index (χ2v) is 18.2. The molecule has 3 heterocycles. The predicted molar refractivity (Wildman–Crippen MR) is 212 cm³/mol. The van der Waals surface area contributed by atoms with Gasteiger partial charge in [-0.15, -0.1) is 0 Å². The van der Waals surface area contributed by atoms with Gasteiger partial charge in [0.25, 0.3) is 0 Å². The highest BCUT2D eigenvalue weighted by molar-refractivity contribution is 5.73. The van der Waals surface area contributed by atoms with Crippen LogP contribution in [0.25, 0.3) is 0 Å². The molecule has 18 atom stereocenters. The van der Waals surface area contributed by atoms with Gasteiger partial charge in [0.1, 0.15) is 35.1 Å². The average molecular weight is 806 g/mol. The Morgan fingerprint density at radius 3 is 2.18 bits per heavy atom. The molecule has 0 saturated carbocycles. The molecule has 7 N–H and O–H groups in total. The second-order valence-electron chi connectivity index (χ2n) is 18.2. The standard InChI is InChI=1S/C41H79N3O12/c1-15-17-42-22-41(50)28(8)53-31(20-39(41,10)51-14)55-33-25(5)35(56-37-32(45)29(44(12)13)18-24(4)52-37)38(9,48)19-23(3)21-43-27(7)34(46)40(11,49)30(16-2)54-36(47)26(33)6/h23-35,37,42-43,45-46,48-50H,15-22H2,1-14H3/t23-,24-,25+,26+,27+,28+,29+,30-,31-,32+,33+,34-,35-,37+,38+,39-,40+,41+/m1/s1. The van der Waals surface area contributed by atoms with Crippen LogP contribution in [-0.4, -0.2) is 167 Å². The third-order valence-electron chi connectivity index (χ3n) is 13.0. The summed E-state index contributed by atoms with van der Waals surface area (Å²) in [7, 11) is 5.31. The Labute approximate surface area is 336 Å². The molecule has 15 heteroatoms. The van der Waals surface area contributed by atoms with E-state index >= 15 is 0 Å². The smallest absolute Gasteiger partial charge is 0.311 e. The number of likely N-dealkylation sites (N-methyl/N-ethyl adjacent to an activating group) is 1. The summed E-state index contributed by atoms with van der Waals surface area (Å²) in [5.41, 5.74) is -5.95. The molecule has 0 amide bonds. The Morgan fingerprint density at radius 2 is 1.61 bits per heavy atom. The van der Waals surface area contributed by atoms with Gasteiger partial charge in [-0.1, -0.05) is 27.7 Å². The summed E-state index contributed by atoms with van der Waals surface area (Å²) >= 11 is 0. The van der Waals surface area contributed by atoms with Crippen molar-refractivity contribution in [2.45, 2.75) is 198 Å². The van der Waals surface area contributed by atoms with Gasteiger partial charge in [0.2, 0.25) is 0 Å². The van der Waals surface area contributed by atoms with Crippen molar-refractivity contribution in [3.63, 3.8) is 0 Å². The van der Waals surface area contributed by atoms with Crippen molar-refractivity contribution < 1.29 is 58.7 Å². The highest BCUT2D eigenvalue weighted by Gasteiger charge is 2.58. The third kappa shape index (κ3) is 11.0. The second kappa shape index (κ2) is 20.0. The summed E-state index contributed by atoms with van der Waals surface area (Å²) in [6.45, 7) is 20.9. The molecule has 56 heavy (non-hydrogen) atoms. The number of ether oxygens (including phenoxy) is 6. The van der Waals surface area contributed by atoms with Gasteiger partial charge in [-0.3, -0.25) is 4.79 Å². The van der Waals surface area contributed by atoms with Gasteiger partial charge in [-0.05, 0) is 107 Å². The number of aliphatic hydroxyl groups excluding tert-OH is 2. The quantitative estimate of drug-likeness (QED) is 0.118. The molecule has 0 radical (unpaired) electrons. The normalized spacial score (nSPS) is 47.9. The maximum atomic E-state index is 14.3. The fourth-order valence-corrected chi connectivity index (χ4v) is 9.21. The van der Waals surface area contributed by atoms with Crippen LogP contribution in [-0.2, 0) is 33.2 Å². The number of hydrogen-bond donors (Lipinski definition) is 7. The molecule has 3 fully saturated rings. The lowest BCUT2D eigenvalue weighted by molar-refractivity contribution is -0.336. The lowest BCUT2D eigenvalue weighted by Gasteiger charge is -2.53. The third-order valence-corrected chi connectivity index (χ3v) is 13.0. The zero-order valence-corrected chi connectivity index (χ0v) is 36.8. The first-order valence-electron chi connectivity index (χ1n) is 20.9. The van der Waals surface area contributed by atoms with Crippen molar-refractivity contribution in [2.75, 3.05) is 40.8 Å². The van der Waals surface area contributed by atoms with Gasteiger partial charge in [0.15, 0.2) is 12.6 Å². The topological polar surface area (TPSA) is 201 Å². The van der Waals surface area contributed by atoms with Crippen LogP contribution < -0.4 is 10.6 Å². The van der Waals surface area contributed by atoms with E-state index in [1.165, 1.54) is 14.0 Å². The van der Waals surface area contributed by atoms with Crippen molar-refractivity contribution in [3.05, 3.63) is 0 Å². The Morgan fingerprint density at radius 1 is 0.964 bits per heavy atom. The zero-order chi connectivity index (χ0) is 42.6. The van der Waals surface area contributed by atoms with Crippen LogP contribution in [0.2, 0.25) is 0 Å². The number of cyclic esters (lactones) is 1. The molecule has 0 unspecified atom stereocenters. The van der Waals surface area contributed by atoms with Crippen LogP contribution in [0.1, 0.15) is 108 Å². The Kier molecular flexibility index (Phi) is 17.6. The number of carbonyl (C=O) groups is 1. The summed E-state index contributed by atoms with van der Waals surface area (Å²) in [5.74, 6) is -2.66. The molecular weight excluding hydrogens is 726 g/mol. The van der Waals surface area contributed by atoms with E-state index in [9.17, 15) is 30.3 Å². The van der Waals surface area contributed by atoms with Crippen LogP contribution in [0.4, 0.5) is 0 Å². The van der Waals surface area contributed by atoms with Gasteiger partial charge < -0.3 is 69.5 Å². The van der Waals surface area contributed by atoms with Crippen molar-refractivity contribution >= 4 is 5.97 Å². The van der Waals surface area contributed by atoms with Crippen LogP contribution in [0.3, 0.4) is 0 Å². The van der Waals surface area contributed by atoms with Gasteiger partial charge in [-0.25, -0.2) is 0 Å². The molecule has 0 spiro atoms. The van der Waals surface area contributed by atoms with Crippen molar-refractivity contribution in [2.24, 2.45) is 17.8 Å². The fraction of sp³-hybridized carbons (Fsp3) is 0.976. The number of esters is 1. The molecule has 15 nitrogen and oxygen atoms in total. The average Bonchev–Trinajstić information content (AvgIpc) is 3.12. The minimum absolute atomic E-state index is 0.0939. The van der Waals surface area contributed by atoms with Crippen molar-refractivity contribution in [1.29, 1.82) is 0 Å². The molecule has 3 rings (SSSR count). The van der Waals surface area contributed by atoms with E-state index in [2.05, 4.69) is 10.6 Å². The summed E-state index contributed by atoms with van der Waals surface area (Å²) < 4.78 is 38.3. The predicted octanol–water partition coefficient (Wildman–Crippen LogP) is 1.93. The maximum Gasteiger partial charge on any atom is 0.311 e. The number of nitrogens with one attached hydrogen (secondary N) is 2. The number of rotatable bonds is 11. The molecular formula is C41H79N3O12. The number of aliphatic hydroxyl groups is 5. The lowest BCUT2D eigenvalue weighted by Crippen LogP contribution is -2.70. The van der Waals surface area contributed by atoms with Crippen molar-refractivity contribution in [1.82, 2.24) is 15.5 Å². The summed E-state index contributed by atoms with van der Waals surface area (Å²) in [4.78, 5) is 16.2. The van der Waals surface area contributed by atoms with Crippen LogP contribution in [0, 0.1) is 17.8 Å². The molecule has 0 aromatic rings. The first-order valence-corrected chi connectivity index (χ1v) is 20.9. The lowest BCUT2D eigenvalue weighted by atomic mass is 9.75. The van der Waals surface area contributed by atoms with Gasteiger partial charge in [0, 0.05) is 38.1 Å². The number of nitrogens with zero attached hydrogens (tertiary/aromatic N) is 1. The molecule has 0 aliphatic carbocycles. The fourth-order valence-electron chi connectivity index (χ4n) is 9.21. The minimum atomic E-state index is -1.81. The Hall–Kier alpha value is -1.05. The first-order chi connectivity index (χ1) is 25.9. The monoisotopic (exact) mass is 806 g/mol. The molecule has 3 saturated heterocycles. The largest absolute Gasteiger partial charge is 0.459 e. The van der Waals surface area contributed by atoms with Crippen LogP contribution in [0.5, 0.6) is 0 Å². The molecule has 3 aliphatic heterocycles. The summed E-state index contributed by atoms with van der Waals surface area (Å²) in [6.07, 6.45) is -6.71. The summed E-state index contributed by atoms with van der Waals surface area (Å²) in [6, 6.07) is -0.877.